The van der Waals surface area contributed by atoms with E-state index in [2.05, 4.69) is 57.5 Å². The molecule has 1 aromatic carbocycles. The minimum absolute atomic E-state index is 0.894. The fourth-order valence-electron chi connectivity index (χ4n) is 1.91. The predicted molar refractivity (Wildman–Crippen MR) is 77.5 cm³/mol. The van der Waals surface area contributed by atoms with Gasteiger partial charge in [0.2, 0.25) is 0 Å². The predicted octanol–water partition coefficient (Wildman–Crippen LogP) is 3.05. The number of nitrogens with one attached hydrogen (secondary N) is 1. The van der Waals surface area contributed by atoms with Crippen molar-refractivity contribution in [3.05, 3.63) is 51.8 Å². The Balaban J connectivity index is 1.80. The molecule has 0 atom stereocenters. The lowest BCUT2D eigenvalue weighted by Crippen LogP contribution is -2.20. The van der Waals surface area contributed by atoms with Crippen LogP contribution < -0.4 is 5.32 Å². The van der Waals surface area contributed by atoms with Crippen molar-refractivity contribution in [3.63, 3.8) is 0 Å². The molecule has 0 saturated carbocycles. The average molecular weight is 308 g/mol. The lowest BCUT2D eigenvalue weighted by Gasteiger charge is -2.06. The van der Waals surface area contributed by atoms with Crippen molar-refractivity contribution in [2.24, 2.45) is 0 Å². The summed E-state index contributed by atoms with van der Waals surface area (Å²) in [6, 6.07) is 10.4. The van der Waals surface area contributed by atoms with Crippen molar-refractivity contribution in [1.82, 2.24) is 15.1 Å². The average Bonchev–Trinajstić information content (AvgIpc) is 2.64. The molecular formula is C14H18BrN3. The smallest absolute Gasteiger partial charge is 0.0738 e. The molecule has 1 aromatic heterocycles. The number of rotatable bonds is 5. The number of hydrogen-bond acceptors (Lipinski definition) is 2. The Kier molecular flexibility index (Phi) is 4.55. The maximum Gasteiger partial charge on any atom is 0.0738 e. The zero-order valence-corrected chi connectivity index (χ0v) is 12.4. The lowest BCUT2D eigenvalue weighted by atomic mass is 10.2. The van der Waals surface area contributed by atoms with Gasteiger partial charge >= 0.3 is 0 Å². The first kappa shape index (κ1) is 13.3. The molecule has 4 heteroatoms. The third kappa shape index (κ3) is 3.21. The molecule has 1 heterocycles. The van der Waals surface area contributed by atoms with Gasteiger partial charge in [-0.15, -0.1) is 0 Å². The Morgan fingerprint density at radius 3 is 2.56 bits per heavy atom. The first-order valence-electron chi connectivity index (χ1n) is 6.12. The SMILES string of the molecule is Cc1nn(CCNCc2ccccc2)c(C)c1Br. The number of aromatic nitrogens is 2. The van der Waals surface area contributed by atoms with Gasteiger partial charge in [-0.1, -0.05) is 30.3 Å². The summed E-state index contributed by atoms with van der Waals surface area (Å²) >= 11 is 3.54. The first-order valence-corrected chi connectivity index (χ1v) is 6.92. The Labute approximate surface area is 116 Å². The highest BCUT2D eigenvalue weighted by molar-refractivity contribution is 9.10. The van der Waals surface area contributed by atoms with Crippen molar-refractivity contribution >= 4 is 15.9 Å². The number of hydrogen-bond donors (Lipinski definition) is 1. The second kappa shape index (κ2) is 6.16. The van der Waals surface area contributed by atoms with Gasteiger partial charge in [-0.25, -0.2) is 0 Å². The van der Waals surface area contributed by atoms with Gasteiger partial charge in [-0.2, -0.15) is 5.10 Å². The van der Waals surface area contributed by atoms with Crippen molar-refractivity contribution in [3.8, 4) is 0 Å². The molecule has 3 nitrogen and oxygen atoms in total. The van der Waals surface area contributed by atoms with E-state index in [1.807, 2.05) is 17.7 Å². The molecule has 0 spiro atoms. The van der Waals surface area contributed by atoms with Gasteiger partial charge in [-0.3, -0.25) is 4.68 Å². The van der Waals surface area contributed by atoms with Crippen LogP contribution in [-0.2, 0) is 13.1 Å². The van der Waals surface area contributed by atoms with Gasteiger partial charge < -0.3 is 5.32 Å². The molecule has 0 fully saturated rings. The number of aryl methyl sites for hydroxylation is 1. The molecule has 2 rings (SSSR count). The zero-order chi connectivity index (χ0) is 13.0. The highest BCUT2D eigenvalue weighted by Gasteiger charge is 2.07. The Morgan fingerprint density at radius 1 is 1.22 bits per heavy atom. The molecule has 0 radical (unpaired) electrons. The highest BCUT2D eigenvalue weighted by atomic mass is 79.9. The van der Waals surface area contributed by atoms with Gasteiger partial charge in [0.1, 0.15) is 0 Å². The summed E-state index contributed by atoms with van der Waals surface area (Å²) in [6.45, 7) is 6.82. The van der Waals surface area contributed by atoms with Gasteiger partial charge in [0.05, 0.1) is 16.7 Å². The second-order valence-electron chi connectivity index (χ2n) is 4.37. The van der Waals surface area contributed by atoms with Crippen molar-refractivity contribution in [1.29, 1.82) is 0 Å². The van der Waals surface area contributed by atoms with Gasteiger partial charge in [-0.05, 0) is 35.3 Å². The molecule has 18 heavy (non-hydrogen) atoms. The van der Waals surface area contributed by atoms with Crippen LogP contribution in [0.25, 0.3) is 0 Å². The number of benzene rings is 1. The van der Waals surface area contributed by atoms with E-state index in [0.29, 0.717) is 0 Å². The monoisotopic (exact) mass is 307 g/mol. The largest absolute Gasteiger partial charge is 0.311 e. The first-order chi connectivity index (χ1) is 8.68. The van der Waals surface area contributed by atoms with Crippen molar-refractivity contribution < 1.29 is 0 Å². The van der Waals surface area contributed by atoms with Crippen LogP contribution in [0.5, 0.6) is 0 Å². The van der Waals surface area contributed by atoms with E-state index in [4.69, 9.17) is 0 Å². The van der Waals surface area contributed by atoms with Crippen LogP contribution in [0.1, 0.15) is 17.0 Å². The van der Waals surface area contributed by atoms with Gasteiger partial charge in [0.15, 0.2) is 0 Å². The number of halogens is 1. The van der Waals surface area contributed by atoms with E-state index in [1.165, 1.54) is 11.3 Å². The van der Waals surface area contributed by atoms with Crippen molar-refractivity contribution in [2.75, 3.05) is 6.54 Å². The summed E-state index contributed by atoms with van der Waals surface area (Å²) in [6.07, 6.45) is 0. The Hall–Kier alpha value is -1.13. The topological polar surface area (TPSA) is 29.9 Å². The lowest BCUT2D eigenvalue weighted by molar-refractivity contribution is 0.542. The zero-order valence-electron chi connectivity index (χ0n) is 10.8. The maximum absolute atomic E-state index is 4.48. The summed E-state index contributed by atoms with van der Waals surface area (Å²) in [4.78, 5) is 0. The van der Waals surface area contributed by atoms with Crippen LogP contribution in [0, 0.1) is 13.8 Å². The van der Waals surface area contributed by atoms with Crippen LogP contribution in [0.4, 0.5) is 0 Å². The third-order valence-electron chi connectivity index (χ3n) is 2.97. The molecular weight excluding hydrogens is 290 g/mol. The molecule has 0 unspecified atom stereocenters. The molecule has 0 aliphatic rings. The summed E-state index contributed by atoms with van der Waals surface area (Å²) in [5.74, 6) is 0. The fourth-order valence-corrected chi connectivity index (χ4v) is 2.19. The molecule has 0 amide bonds. The van der Waals surface area contributed by atoms with E-state index in [1.54, 1.807) is 0 Å². The Bertz CT molecular complexity index is 505. The van der Waals surface area contributed by atoms with E-state index in [-0.39, 0.29) is 0 Å². The molecule has 0 bridgehead atoms. The number of nitrogens with zero attached hydrogens (tertiary/aromatic N) is 2. The minimum atomic E-state index is 0.894. The van der Waals surface area contributed by atoms with E-state index in [0.717, 1.165) is 29.8 Å². The molecule has 1 N–H and O–H groups in total. The van der Waals surface area contributed by atoms with Crippen LogP contribution in [0.15, 0.2) is 34.8 Å². The fraction of sp³-hybridized carbons (Fsp3) is 0.357. The Morgan fingerprint density at radius 2 is 1.94 bits per heavy atom. The third-order valence-corrected chi connectivity index (χ3v) is 4.11. The summed E-state index contributed by atoms with van der Waals surface area (Å²) < 4.78 is 3.16. The summed E-state index contributed by atoms with van der Waals surface area (Å²) in [5.41, 5.74) is 3.55. The van der Waals surface area contributed by atoms with E-state index in [9.17, 15) is 0 Å². The van der Waals surface area contributed by atoms with Crippen LogP contribution in [0.2, 0.25) is 0 Å². The molecule has 0 aliphatic heterocycles. The van der Waals surface area contributed by atoms with E-state index >= 15 is 0 Å². The van der Waals surface area contributed by atoms with E-state index < -0.39 is 0 Å². The quantitative estimate of drug-likeness (QED) is 0.861. The summed E-state index contributed by atoms with van der Waals surface area (Å²) in [5, 5.41) is 7.91. The highest BCUT2D eigenvalue weighted by Crippen LogP contribution is 2.19. The normalized spacial score (nSPS) is 10.8. The van der Waals surface area contributed by atoms with Crippen LogP contribution in [0.3, 0.4) is 0 Å². The maximum atomic E-state index is 4.48. The van der Waals surface area contributed by atoms with Crippen LogP contribution in [-0.4, -0.2) is 16.3 Å². The van der Waals surface area contributed by atoms with Gasteiger partial charge in [0, 0.05) is 18.8 Å². The summed E-state index contributed by atoms with van der Waals surface area (Å²) in [7, 11) is 0. The second-order valence-corrected chi connectivity index (χ2v) is 5.16. The van der Waals surface area contributed by atoms with Gasteiger partial charge in [0.25, 0.3) is 0 Å². The molecule has 96 valence electrons. The molecule has 0 aliphatic carbocycles. The molecule has 0 saturated heterocycles. The van der Waals surface area contributed by atoms with Crippen LogP contribution >= 0.6 is 15.9 Å². The minimum Gasteiger partial charge on any atom is -0.311 e. The molecule has 2 aromatic rings. The standard InChI is InChI=1S/C14H18BrN3/c1-11-14(15)12(2)18(17-11)9-8-16-10-13-6-4-3-5-7-13/h3-7,16H,8-10H2,1-2H3. The van der Waals surface area contributed by atoms with Crippen molar-refractivity contribution in [2.45, 2.75) is 26.9 Å².